The van der Waals surface area contributed by atoms with Crippen LogP contribution in [0.5, 0.6) is 0 Å². The lowest BCUT2D eigenvalue weighted by atomic mass is 10.1. The summed E-state index contributed by atoms with van der Waals surface area (Å²) in [4.78, 5) is 24.2. The summed E-state index contributed by atoms with van der Waals surface area (Å²) < 4.78 is 0. The molecule has 1 aromatic carbocycles. The van der Waals surface area contributed by atoms with Crippen molar-refractivity contribution < 1.29 is 4.79 Å². The molecule has 1 amide bonds. The largest absolute Gasteiger partial charge is 0.329 e. The van der Waals surface area contributed by atoms with Crippen LogP contribution in [0.15, 0.2) is 35.3 Å². The Morgan fingerprint density at radius 3 is 2.86 bits per heavy atom. The van der Waals surface area contributed by atoms with Crippen molar-refractivity contribution in [2.75, 3.05) is 5.32 Å². The number of fused-ring (bicyclic) bond motifs is 1. The van der Waals surface area contributed by atoms with Gasteiger partial charge in [0.15, 0.2) is 0 Å². The van der Waals surface area contributed by atoms with Crippen LogP contribution in [0.2, 0.25) is 0 Å². The number of benzene rings is 1. The fraction of sp³-hybridized carbons (Fsp3) is 0. The molecule has 0 atom stereocenters. The molecule has 4 heteroatoms. The van der Waals surface area contributed by atoms with Crippen LogP contribution >= 0.6 is 0 Å². The van der Waals surface area contributed by atoms with E-state index in [9.17, 15) is 9.59 Å². The fourth-order valence-electron chi connectivity index (χ4n) is 1.41. The van der Waals surface area contributed by atoms with Gasteiger partial charge in [0.1, 0.15) is 0 Å². The van der Waals surface area contributed by atoms with Gasteiger partial charge in [-0.3, -0.25) is 9.59 Å². The van der Waals surface area contributed by atoms with E-state index in [1.165, 1.54) is 0 Å². The third-order valence-electron chi connectivity index (χ3n) is 2.03. The second-order valence-corrected chi connectivity index (χ2v) is 2.84. The summed E-state index contributed by atoms with van der Waals surface area (Å²) in [5.74, 6) is 0. The zero-order valence-electron chi connectivity index (χ0n) is 7.28. The first kappa shape index (κ1) is 8.50. The van der Waals surface area contributed by atoms with E-state index in [1.54, 1.807) is 30.5 Å². The molecule has 2 aromatic rings. The van der Waals surface area contributed by atoms with Gasteiger partial charge in [-0.15, -0.1) is 0 Å². The molecule has 1 aromatic heterocycles. The number of hydrogen-bond acceptors (Lipinski definition) is 2. The highest BCUT2D eigenvalue weighted by atomic mass is 16.1. The topological polar surface area (TPSA) is 62.0 Å². The van der Waals surface area contributed by atoms with E-state index in [-0.39, 0.29) is 5.56 Å². The molecule has 2 rings (SSSR count). The number of aromatic nitrogens is 1. The van der Waals surface area contributed by atoms with E-state index in [2.05, 4.69) is 10.3 Å². The van der Waals surface area contributed by atoms with Gasteiger partial charge in [-0.25, -0.2) is 0 Å². The Morgan fingerprint density at radius 1 is 1.21 bits per heavy atom. The fourth-order valence-corrected chi connectivity index (χ4v) is 1.41. The minimum absolute atomic E-state index is 0.156. The molecule has 0 fully saturated rings. The third kappa shape index (κ3) is 1.26. The highest BCUT2D eigenvalue weighted by Gasteiger charge is 2.01. The lowest BCUT2D eigenvalue weighted by molar-refractivity contribution is -0.105. The van der Waals surface area contributed by atoms with Gasteiger partial charge < -0.3 is 10.3 Å². The Hall–Kier alpha value is -2.10. The lowest BCUT2D eigenvalue weighted by Gasteiger charge is -2.02. The van der Waals surface area contributed by atoms with E-state index < -0.39 is 0 Å². The van der Waals surface area contributed by atoms with Crippen LogP contribution in [0.4, 0.5) is 5.69 Å². The molecule has 0 bridgehead atoms. The number of H-pyrrole nitrogens is 1. The standard InChI is InChI=1S/C10H8N2O2/c13-6-12-9-3-1-2-8-7(9)4-5-11-10(8)14/h1-6H,(H,11,14)(H,12,13). The zero-order valence-corrected chi connectivity index (χ0v) is 7.28. The molecule has 70 valence electrons. The third-order valence-corrected chi connectivity index (χ3v) is 2.03. The first-order chi connectivity index (χ1) is 6.83. The molecule has 0 saturated carbocycles. The number of amides is 1. The van der Waals surface area contributed by atoms with Gasteiger partial charge in [0, 0.05) is 22.7 Å². The first-order valence-corrected chi connectivity index (χ1v) is 4.13. The molecule has 0 aliphatic carbocycles. The molecule has 0 radical (unpaired) electrons. The minimum atomic E-state index is -0.156. The maximum atomic E-state index is 11.4. The highest BCUT2D eigenvalue weighted by molar-refractivity contribution is 5.96. The van der Waals surface area contributed by atoms with Crippen LogP contribution < -0.4 is 10.9 Å². The number of nitrogens with one attached hydrogen (secondary N) is 2. The van der Waals surface area contributed by atoms with Crippen LogP contribution in [0.25, 0.3) is 10.8 Å². The van der Waals surface area contributed by atoms with Gasteiger partial charge in [0.05, 0.1) is 0 Å². The van der Waals surface area contributed by atoms with Crippen molar-refractivity contribution in [2.45, 2.75) is 0 Å². The van der Waals surface area contributed by atoms with Crippen molar-refractivity contribution in [3.63, 3.8) is 0 Å². The first-order valence-electron chi connectivity index (χ1n) is 4.13. The van der Waals surface area contributed by atoms with Crippen molar-refractivity contribution in [2.24, 2.45) is 0 Å². The number of anilines is 1. The molecule has 0 saturated heterocycles. The number of carbonyl (C=O) groups is 1. The predicted octanol–water partition coefficient (Wildman–Crippen LogP) is 1.10. The number of aromatic amines is 1. The lowest BCUT2D eigenvalue weighted by Crippen LogP contribution is -2.05. The van der Waals surface area contributed by atoms with Gasteiger partial charge in [0.2, 0.25) is 6.41 Å². The second kappa shape index (κ2) is 3.33. The van der Waals surface area contributed by atoms with Gasteiger partial charge in [-0.05, 0) is 18.2 Å². The Kier molecular flexibility index (Phi) is 2.02. The quantitative estimate of drug-likeness (QED) is 0.693. The van der Waals surface area contributed by atoms with Crippen molar-refractivity contribution in [1.29, 1.82) is 0 Å². The van der Waals surface area contributed by atoms with E-state index in [4.69, 9.17) is 0 Å². The van der Waals surface area contributed by atoms with Gasteiger partial charge in [-0.2, -0.15) is 0 Å². The van der Waals surface area contributed by atoms with Crippen molar-refractivity contribution in [1.82, 2.24) is 4.98 Å². The minimum Gasteiger partial charge on any atom is -0.329 e. The van der Waals surface area contributed by atoms with Crippen LogP contribution in [0, 0.1) is 0 Å². The Labute approximate surface area is 79.6 Å². The maximum Gasteiger partial charge on any atom is 0.255 e. The Balaban J connectivity index is 2.80. The number of rotatable bonds is 2. The van der Waals surface area contributed by atoms with Crippen LogP contribution in [-0.4, -0.2) is 11.4 Å². The molecular weight excluding hydrogens is 180 g/mol. The smallest absolute Gasteiger partial charge is 0.255 e. The summed E-state index contributed by atoms with van der Waals surface area (Å²) >= 11 is 0. The highest BCUT2D eigenvalue weighted by Crippen LogP contribution is 2.18. The van der Waals surface area contributed by atoms with Crippen molar-refractivity contribution in [3.8, 4) is 0 Å². The van der Waals surface area contributed by atoms with E-state index in [1.807, 2.05) is 0 Å². The van der Waals surface area contributed by atoms with Crippen LogP contribution in [0.3, 0.4) is 0 Å². The molecular formula is C10H8N2O2. The second-order valence-electron chi connectivity index (χ2n) is 2.84. The summed E-state index contributed by atoms with van der Waals surface area (Å²) in [5, 5.41) is 3.85. The van der Waals surface area contributed by atoms with Gasteiger partial charge in [-0.1, -0.05) is 6.07 Å². The Bertz CT molecular complexity index is 531. The summed E-state index contributed by atoms with van der Waals surface area (Å²) in [6, 6.07) is 6.94. The van der Waals surface area contributed by atoms with Crippen molar-refractivity contribution in [3.05, 3.63) is 40.8 Å². The number of pyridine rings is 1. The molecule has 0 spiro atoms. The van der Waals surface area contributed by atoms with E-state index in [0.29, 0.717) is 17.5 Å². The molecule has 14 heavy (non-hydrogen) atoms. The monoisotopic (exact) mass is 188 g/mol. The summed E-state index contributed by atoms with van der Waals surface area (Å²) in [5.41, 5.74) is 0.487. The molecule has 0 aliphatic rings. The zero-order chi connectivity index (χ0) is 9.97. The maximum absolute atomic E-state index is 11.4. The molecule has 0 unspecified atom stereocenters. The van der Waals surface area contributed by atoms with Gasteiger partial charge >= 0.3 is 0 Å². The Morgan fingerprint density at radius 2 is 2.07 bits per heavy atom. The number of carbonyl (C=O) groups excluding carboxylic acids is 1. The summed E-state index contributed by atoms with van der Waals surface area (Å²) in [6.45, 7) is 0. The van der Waals surface area contributed by atoms with Crippen molar-refractivity contribution >= 4 is 22.9 Å². The normalized spacial score (nSPS) is 10.0. The predicted molar refractivity (Wildman–Crippen MR) is 54.3 cm³/mol. The molecule has 2 N–H and O–H groups in total. The van der Waals surface area contributed by atoms with Crippen LogP contribution in [0.1, 0.15) is 0 Å². The SMILES string of the molecule is O=CNc1cccc2c(=O)[nH]ccc12. The average molecular weight is 188 g/mol. The van der Waals surface area contributed by atoms with Crippen LogP contribution in [-0.2, 0) is 4.79 Å². The van der Waals surface area contributed by atoms with E-state index in [0.717, 1.165) is 5.39 Å². The summed E-state index contributed by atoms with van der Waals surface area (Å²) in [6.07, 6.45) is 2.15. The molecule has 0 aliphatic heterocycles. The molecule has 1 heterocycles. The summed E-state index contributed by atoms with van der Waals surface area (Å²) in [7, 11) is 0. The number of hydrogen-bond donors (Lipinski definition) is 2. The van der Waals surface area contributed by atoms with E-state index >= 15 is 0 Å². The molecule has 4 nitrogen and oxygen atoms in total. The average Bonchev–Trinajstić information content (AvgIpc) is 2.20. The van der Waals surface area contributed by atoms with Gasteiger partial charge in [0.25, 0.3) is 5.56 Å².